The smallest absolute Gasteiger partial charge is 0.177 e. The van der Waals surface area contributed by atoms with Gasteiger partial charge in [0.1, 0.15) is 0 Å². The number of carbonyl (C=O) groups is 1. The molecule has 4 aliphatic rings. The first kappa shape index (κ1) is 13.8. The van der Waals surface area contributed by atoms with E-state index in [0.29, 0.717) is 18.4 Å². The maximum atomic E-state index is 12.9. The lowest BCUT2D eigenvalue weighted by molar-refractivity contribution is -0.153. The first-order valence-electron chi connectivity index (χ1n) is 8.66. The predicted octanol–water partition coefficient (Wildman–Crippen LogP) is 2.32. The minimum Gasteiger partial charge on any atom is -0.493 e. The van der Waals surface area contributed by atoms with Crippen molar-refractivity contribution in [3.63, 3.8) is 0 Å². The summed E-state index contributed by atoms with van der Waals surface area (Å²) in [6.07, 6.45) is 3.69. The number of Topliss-reactive ketones (excluding diaryl/α,β-unsaturated/α-hetero) is 1. The van der Waals surface area contributed by atoms with E-state index in [2.05, 4.69) is 18.0 Å². The van der Waals surface area contributed by atoms with Crippen LogP contribution in [0.4, 0.5) is 0 Å². The van der Waals surface area contributed by atoms with E-state index in [-0.39, 0.29) is 11.2 Å². The summed E-state index contributed by atoms with van der Waals surface area (Å²) in [5.74, 6) is 2.39. The molecule has 2 heterocycles. The van der Waals surface area contributed by atoms with Gasteiger partial charge in [-0.25, -0.2) is 0 Å². The van der Waals surface area contributed by atoms with Crippen LogP contribution in [0.5, 0.6) is 11.5 Å². The summed E-state index contributed by atoms with van der Waals surface area (Å²) in [7, 11) is 3.92. The molecule has 0 radical (unpaired) electrons. The average Bonchev–Trinajstić information content (AvgIpc) is 2.82. The van der Waals surface area contributed by atoms with Crippen molar-refractivity contribution in [3.8, 4) is 11.5 Å². The number of benzene rings is 1. The van der Waals surface area contributed by atoms with Gasteiger partial charge in [0.05, 0.1) is 12.5 Å². The molecule has 2 fully saturated rings. The lowest BCUT2D eigenvalue weighted by atomic mass is 9.47. The first-order chi connectivity index (χ1) is 11.0. The normalized spacial score (nSPS) is 40.6. The number of likely N-dealkylation sites (N-methyl/N-ethyl adjacent to an activating group) is 1. The molecule has 5 rings (SSSR count). The van der Waals surface area contributed by atoms with E-state index in [1.807, 2.05) is 13.0 Å². The third-order valence-corrected chi connectivity index (χ3v) is 7.20. The van der Waals surface area contributed by atoms with Crippen LogP contribution in [-0.4, -0.2) is 43.0 Å². The number of ether oxygens (including phenoxy) is 2. The van der Waals surface area contributed by atoms with Crippen LogP contribution in [0.3, 0.4) is 0 Å². The molecule has 0 N–H and O–H groups in total. The summed E-state index contributed by atoms with van der Waals surface area (Å²) in [4.78, 5) is 15.4. The Balaban J connectivity index is 1.86. The second kappa shape index (κ2) is 4.10. The van der Waals surface area contributed by atoms with Gasteiger partial charge in [0, 0.05) is 18.0 Å². The zero-order valence-electron chi connectivity index (χ0n) is 14.0. The molecule has 23 heavy (non-hydrogen) atoms. The Morgan fingerprint density at radius 3 is 3.00 bits per heavy atom. The Morgan fingerprint density at radius 1 is 1.39 bits per heavy atom. The molecule has 1 aromatic rings. The third-order valence-electron chi connectivity index (χ3n) is 7.20. The lowest BCUT2D eigenvalue weighted by Gasteiger charge is -2.60. The van der Waals surface area contributed by atoms with Crippen LogP contribution in [-0.2, 0) is 16.6 Å². The zero-order valence-corrected chi connectivity index (χ0v) is 14.0. The first-order valence-corrected chi connectivity index (χ1v) is 8.66. The SMILES string of the molecule is COc1ccc2c3c1O[C@@]1(C)C(=O)CC[C@H]4[C@@H](C2)N(C)CC[C@@]341. The fraction of sp³-hybridized carbons (Fsp3) is 0.632. The molecule has 1 saturated carbocycles. The van der Waals surface area contributed by atoms with Gasteiger partial charge in [0.25, 0.3) is 0 Å². The number of piperidine rings is 1. The molecule has 2 bridgehead atoms. The van der Waals surface area contributed by atoms with Crippen LogP contribution in [0, 0.1) is 5.92 Å². The standard InChI is InChI=1S/C19H23NO3/c1-18-15(21)7-5-12-13-10-11-4-6-14(22-3)17(23-18)16(11)19(12,18)8-9-20(13)2/h4,6,12-13H,5,7-10H2,1-3H3/t12-,13+,18-,19-/m0/s1. The summed E-state index contributed by atoms with van der Waals surface area (Å²) < 4.78 is 12.0. The van der Waals surface area contributed by atoms with E-state index in [9.17, 15) is 4.79 Å². The van der Waals surface area contributed by atoms with Crippen molar-refractivity contribution in [2.75, 3.05) is 20.7 Å². The van der Waals surface area contributed by atoms with Crippen LogP contribution >= 0.6 is 0 Å². The van der Waals surface area contributed by atoms with Gasteiger partial charge in [-0.05, 0) is 57.3 Å². The monoisotopic (exact) mass is 313 g/mol. The van der Waals surface area contributed by atoms with Gasteiger partial charge in [-0.2, -0.15) is 0 Å². The largest absolute Gasteiger partial charge is 0.493 e. The van der Waals surface area contributed by atoms with Gasteiger partial charge < -0.3 is 14.4 Å². The average molecular weight is 313 g/mol. The van der Waals surface area contributed by atoms with E-state index in [0.717, 1.165) is 37.3 Å². The fourth-order valence-electron chi connectivity index (χ4n) is 6.09. The molecule has 0 aromatic heterocycles. The number of hydrogen-bond acceptors (Lipinski definition) is 4. The topological polar surface area (TPSA) is 38.8 Å². The molecule has 2 aliphatic carbocycles. The highest BCUT2D eigenvalue weighted by Gasteiger charge is 2.71. The Morgan fingerprint density at radius 2 is 2.22 bits per heavy atom. The van der Waals surface area contributed by atoms with Crippen LogP contribution < -0.4 is 9.47 Å². The Hall–Kier alpha value is -1.55. The lowest BCUT2D eigenvalue weighted by Crippen LogP contribution is -2.70. The highest BCUT2D eigenvalue weighted by molar-refractivity contribution is 5.93. The molecular formula is C19H23NO3. The highest BCUT2D eigenvalue weighted by Crippen LogP contribution is 2.66. The Bertz CT molecular complexity index is 730. The quantitative estimate of drug-likeness (QED) is 0.797. The van der Waals surface area contributed by atoms with Crippen molar-refractivity contribution in [1.29, 1.82) is 0 Å². The van der Waals surface area contributed by atoms with Crippen molar-refractivity contribution in [2.24, 2.45) is 5.92 Å². The molecule has 122 valence electrons. The van der Waals surface area contributed by atoms with Crippen molar-refractivity contribution < 1.29 is 14.3 Å². The molecule has 0 amide bonds. The second-order valence-corrected chi connectivity index (χ2v) is 7.81. The Kier molecular flexibility index (Phi) is 2.47. The molecule has 4 atom stereocenters. The van der Waals surface area contributed by atoms with Crippen LogP contribution in [0.25, 0.3) is 0 Å². The van der Waals surface area contributed by atoms with E-state index in [1.54, 1.807) is 7.11 Å². The molecule has 4 heteroatoms. The van der Waals surface area contributed by atoms with E-state index >= 15 is 0 Å². The maximum Gasteiger partial charge on any atom is 0.177 e. The summed E-state index contributed by atoms with van der Waals surface area (Å²) >= 11 is 0. The third kappa shape index (κ3) is 1.33. The summed E-state index contributed by atoms with van der Waals surface area (Å²) in [5.41, 5.74) is 1.77. The number of nitrogens with zero attached hydrogens (tertiary/aromatic N) is 1. The van der Waals surface area contributed by atoms with Gasteiger partial charge in [-0.1, -0.05) is 6.07 Å². The number of hydrogen-bond donors (Lipinski definition) is 0. The predicted molar refractivity (Wildman–Crippen MR) is 86.2 cm³/mol. The number of rotatable bonds is 1. The highest BCUT2D eigenvalue weighted by atomic mass is 16.5. The minimum atomic E-state index is -0.721. The van der Waals surface area contributed by atoms with Crippen LogP contribution in [0.15, 0.2) is 12.1 Å². The zero-order chi connectivity index (χ0) is 16.0. The number of methoxy groups -OCH3 is 1. The van der Waals surface area contributed by atoms with Gasteiger partial charge in [-0.15, -0.1) is 0 Å². The van der Waals surface area contributed by atoms with Crippen molar-refractivity contribution in [3.05, 3.63) is 23.3 Å². The molecule has 1 aromatic carbocycles. The van der Waals surface area contributed by atoms with E-state index < -0.39 is 5.60 Å². The van der Waals surface area contributed by atoms with Crippen molar-refractivity contribution in [2.45, 2.75) is 49.7 Å². The minimum absolute atomic E-state index is 0.156. The van der Waals surface area contributed by atoms with Gasteiger partial charge in [0.2, 0.25) is 0 Å². The molecule has 2 aliphatic heterocycles. The molecule has 1 saturated heterocycles. The number of carbonyl (C=O) groups excluding carboxylic acids is 1. The van der Waals surface area contributed by atoms with Gasteiger partial charge >= 0.3 is 0 Å². The number of likely N-dealkylation sites (tertiary alicyclic amines) is 1. The Labute approximate surface area is 136 Å². The summed E-state index contributed by atoms with van der Waals surface area (Å²) in [5, 5.41) is 0. The van der Waals surface area contributed by atoms with Gasteiger partial charge in [0.15, 0.2) is 22.9 Å². The van der Waals surface area contributed by atoms with E-state index in [1.165, 1.54) is 11.1 Å². The van der Waals surface area contributed by atoms with Crippen molar-refractivity contribution in [1.82, 2.24) is 4.90 Å². The van der Waals surface area contributed by atoms with E-state index in [4.69, 9.17) is 9.47 Å². The maximum absolute atomic E-state index is 12.9. The van der Waals surface area contributed by atoms with Gasteiger partial charge in [-0.3, -0.25) is 4.79 Å². The summed E-state index contributed by atoms with van der Waals surface area (Å²) in [6, 6.07) is 4.72. The molecule has 0 unspecified atom stereocenters. The molecule has 1 spiro atoms. The number of ketones is 1. The van der Waals surface area contributed by atoms with Crippen molar-refractivity contribution >= 4 is 5.78 Å². The molecular weight excluding hydrogens is 290 g/mol. The second-order valence-electron chi connectivity index (χ2n) is 7.81. The summed E-state index contributed by atoms with van der Waals surface area (Å²) in [6.45, 7) is 3.07. The fourth-order valence-corrected chi connectivity index (χ4v) is 6.09. The van der Waals surface area contributed by atoms with Crippen LogP contribution in [0.2, 0.25) is 0 Å². The molecule has 4 nitrogen and oxygen atoms in total. The van der Waals surface area contributed by atoms with Crippen LogP contribution in [0.1, 0.15) is 37.3 Å².